The van der Waals surface area contributed by atoms with Crippen LogP contribution in [0.1, 0.15) is 21.8 Å². The van der Waals surface area contributed by atoms with Crippen LogP contribution in [0, 0.1) is 13.8 Å². The molecule has 0 saturated heterocycles. The summed E-state index contributed by atoms with van der Waals surface area (Å²) in [5.74, 6) is 0.625. The van der Waals surface area contributed by atoms with Gasteiger partial charge in [0.25, 0.3) is 0 Å². The molecule has 0 aliphatic rings. The molecule has 0 atom stereocenters. The minimum atomic E-state index is -0.394. The summed E-state index contributed by atoms with van der Waals surface area (Å²) in [7, 11) is 3.93. The molecule has 0 unspecified atom stereocenters. The van der Waals surface area contributed by atoms with Crippen molar-refractivity contribution in [2.24, 2.45) is 0 Å². The fourth-order valence-corrected chi connectivity index (χ4v) is 2.53. The van der Waals surface area contributed by atoms with E-state index in [4.69, 9.17) is 9.15 Å². The number of anilines is 1. The Bertz CT molecular complexity index is 881. The second-order valence-electron chi connectivity index (χ2n) is 5.65. The highest BCUT2D eigenvalue weighted by atomic mass is 16.5. The van der Waals surface area contributed by atoms with Gasteiger partial charge in [-0.1, -0.05) is 0 Å². The molecule has 0 saturated carbocycles. The number of rotatable bonds is 3. The topological polar surface area (TPSA) is 55.6 Å². The maximum atomic E-state index is 12.3. The molecule has 3 aromatic rings. The van der Waals surface area contributed by atoms with E-state index in [0.717, 1.165) is 16.8 Å². The van der Waals surface area contributed by atoms with Crippen LogP contribution in [0.15, 0.2) is 40.8 Å². The highest BCUT2D eigenvalue weighted by Crippen LogP contribution is 2.23. The van der Waals surface area contributed by atoms with E-state index < -0.39 is 5.97 Å². The third-order valence-electron chi connectivity index (χ3n) is 3.59. The SMILES string of the molecule is Cc1nc2ccc(OC(=O)c3ccc(N(C)C)c(C)c3)cc2o1. The van der Waals surface area contributed by atoms with E-state index >= 15 is 0 Å². The molecule has 0 radical (unpaired) electrons. The van der Waals surface area contributed by atoms with Crippen molar-refractivity contribution in [3.63, 3.8) is 0 Å². The molecule has 118 valence electrons. The third-order valence-corrected chi connectivity index (χ3v) is 3.59. The van der Waals surface area contributed by atoms with E-state index in [9.17, 15) is 4.79 Å². The zero-order chi connectivity index (χ0) is 16.6. The monoisotopic (exact) mass is 310 g/mol. The predicted octanol–water partition coefficient (Wildman–Crippen LogP) is 3.73. The summed E-state index contributed by atoms with van der Waals surface area (Å²) in [6, 6.07) is 10.7. The molecule has 0 N–H and O–H groups in total. The van der Waals surface area contributed by atoms with Crippen molar-refractivity contribution in [3.8, 4) is 5.75 Å². The second-order valence-corrected chi connectivity index (χ2v) is 5.65. The largest absolute Gasteiger partial charge is 0.441 e. The molecular weight excluding hydrogens is 292 g/mol. The summed E-state index contributed by atoms with van der Waals surface area (Å²) in [6.45, 7) is 3.75. The Labute approximate surface area is 134 Å². The summed E-state index contributed by atoms with van der Waals surface area (Å²) < 4.78 is 10.9. The maximum Gasteiger partial charge on any atom is 0.343 e. The molecule has 1 aromatic heterocycles. The average molecular weight is 310 g/mol. The molecule has 3 rings (SSSR count). The molecule has 0 bridgehead atoms. The van der Waals surface area contributed by atoms with Crippen molar-refractivity contribution >= 4 is 22.8 Å². The number of aryl methyl sites for hydroxylation is 2. The Morgan fingerprint density at radius 1 is 1.13 bits per heavy atom. The molecule has 0 fully saturated rings. The van der Waals surface area contributed by atoms with Crippen LogP contribution in [0.2, 0.25) is 0 Å². The number of esters is 1. The first-order valence-electron chi connectivity index (χ1n) is 7.31. The van der Waals surface area contributed by atoms with E-state index in [2.05, 4.69) is 4.98 Å². The van der Waals surface area contributed by atoms with Gasteiger partial charge in [-0.25, -0.2) is 9.78 Å². The molecule has 5 nitrogen and oxygen atoms in total. The Hall–Kier alpha value is -2.82. The average Bonchev–Trinajstić information content (AvgIpc) is 2.86. The Balaban J connectivity index is 1.83. The molecule has 0 amide bonds. The van der Waals surface area contributed by atoms with Gasteiger partial charge in [0.05, 0.1) is 5.56 Å². The molecule has 23 heavy (non-hydrogen) atoms. The number of hydrogen-bond acceptors (Lipinski definition) is 5. The Kier molecular flexibility index (Phi) is 3.78. The van der Waals surface area contributed by atoms with Crippen LogP contribution in [-0.4, -0.2) is 25.0 Å². The van der Waals surface area contributed by atoms with Gasteiger partial charge in [-0.3, -0.25) is 0 Å². The number of oxazole rings is 1. The zero-order valence-corrected chi connectivity index (χ0v) is 13.6. The van der Waals surface area contributed by atoms with Crippen LogP contribution >= 0.6 is 0 Å². The molecule has 0 aliphatic heterocycles. The normalized spacial score (nSPS) is 10.8. The van der Waals surface area contributed by atoms with Crippen LogP contribution in [0.25, 0.3) is 11.1 Å². The highest BCUT2D eigenvalue weighted by molar-refractivity contribution is 5.92. The van der Waals surface area contributed by atoms with E-state index in [0.29, 0.717) is 22.8 Å². The molecule has 2 aromatic carbocycles. The smallest absolute Gasteiger partial charge is 0.343 e. The Morgan fingerprint density at radius 3 is 2.61 bits per heavy atom. The number of aromatic nitrogens is 1. The molecule has 1 heterocycles. The van der Waals surface area contributed by atoms with Crippen LogP contribution in [0.4, 0.5) is 5.69 Å². The number of ether oxygens (including phenoxy) is 1. The fraction of sp³-hybridized carbons (Fsp3) is 0.222. The van der Waals surface area contributed by atoms with Crippen LogP contribution < -0.4 is 9.64 Å². The van der Waals surface area contributed by atoms with Crippen molar-refractivity contribution in [2.45, 2.75) is 13.8 Å². The van der Waals surface area contributed by atoms with Gasteiger partial charge in [-0.05, 0) is 42.8 Å². The third kappa shape index (κ3) is 3.04. The lowest BCUT2D eigenvalue weighted by Crippen LogP contribution is -2.12. The van der Waals surface area contributed by atoms with Gasteiger partial charge in [0, 0.05) is 32.8 Å². The summed E-state index contributed by atoms with van der Waals surface area (Å²) >= 11 is 0. The standard InChI is InChI=1S/C18H18N2O3/c1-11-9-13(5-8-16(11)20(3)4)18(21)23-14-6-7-15-17(10-14)22-12(2)19-15/h5-10H,1-4H3. The number of fused-ring (bicyclic) bond motifs is 1. The first-order chi connectivity index (χ1) is 10.9. The Morgan fingerprint density at radius 2 is 1.91 bits per heavy atom. The summed E-state index contributed by atoms with van der Waals surface area (Å²) in [5, 5.41) is 0. The number of carbonyl (C=O) groups excluding carboxylic acids is 1. The maximum absolute atomic E-state index is 12.3. The number of nitrogens with zero attached hydrogens (tertiary/aromatic N) is 2. The lowest BCUT2D eigenvalue weighted by Gasteiger charge is -2.16. The highest BCUT2D eigenvalue weighted by Gasteiger charge is 2.12. The van der Waals surface area contributed by atoms with Gasteiger partial charge in [-0.15, -0.1) is 0 Å². The fourth-order valence-electron chi connectivity index (χ4n) is 2.53. The van der Waals surface area contributed by atoms with Crippen molar-refractivity contribution in [1.29, 1.82) is 0 Å². The lowest BCUT2D eigenvalue weighted by atomic mass is 10.1. The van der Waals surface area contributed by atoms with E-state index in [-0.39, 0.29) is 0 Å². The minimum absolute atomic E-state index is 0.394. The first kappa shape index (κ1) is 15.1. The lowest BCUT2D eigenvalue weighted by molar-refractivity contribution is 0.0735. The zero-order valence-electron chi connectivity index (χ0n) is 13.6. The summed E-state index contributed by atoms with van der Waals surface area (Å²) in [4.78, 5) is 18.5. The molecule has 0 spiro atoms. The van der Waals surface area contributed by atoms with Crippen molar-refractivity contribution in [2.75, 3.05) is 19.0 Å². The van der Waals surface area contributed by atoms with Crippen molar-refractivity contribution in [3.05, 3.63) is 53.4 Å². The first-order valence-corrected chi connectivity index (χ1v) is 7.31. The van der Waals surface area contributed by atoms with E-state index in [1.165, 1.54) is 0 Å². The summed E-state index contributed by atoms with van der Waals surface area (Å²) in [6.07, 6.45) is 0. The van der Waals surface area contributed by atoms with Crippen molar-refractivity contribution < 1.29 is 13.9 Å². The van der Waals surface area contributed by atoms with Gasteiger partial charge in [-0.2, -0.15) is 0 Å². The molecular formula is C18H18N2O3. The molecule has 5 heteroatoms. The number of carbonyl (C=O) groups is 1. The van der Waals surface area contributed by atoms with Gasteiger partial charge in [0.15, 0.2) is 11.5 Å². The molecule has 0 aliphatic carbocycles. The quantitative estimate of drug-likeness (QED) is 0.545. The van der Waals surface area contributed by atoms with Crippen molar-refractivity contribution in [1.82, 2.24) is 4.98 Å². The van der Waals surface area contributed by atoms with Crippen LogP contribution in [0.5, 0.6) is 5.75 Å². The number of benzene rings is 2. The van der Waals surface area contributed by atoms with E-state index in [1.807, 2.05) is 38.1 Å². The van der Waals surface area contributed by atoms with Gasteiger partial charge in [0.2, 0.25) is 0 Å². The van der Waals surface area contributed by atoms with E-state index in [1.54, 1.807) is 31.2 Å². The summed E-state index contributed by atoms with van der Waals surface area (Å²) in [5.41, 5.74) is 3.95. The van der Waals surface area contributed by atoms with Gasteiger partial charge in [0.1, 0.15) is 11.3 Å². The second kappa shape index (κ2) is 5.76. The van der Waals surface area contributed by atoms with Crippen LogP contribution in [0.3, 0.4) is 0 Å². The van der Waals surface area contributed by atoms with Gasteiger partial charge < -0.3 is 14.1 Å². The number of hydrogen-bond donors (Lipinski definition) is 0. The predicted molar refractivity (Wildman–Crippen MR) is 89.2 cm³/mol. The minimum Gasteiger partial charge on any atom is -0.441 e. The van der Waals surface area contributed by atoms with Gasteiger partial charge >= 0.3 is 5.97 Å². The van der Waals surface area contributed by atoms with Crippen LogP contribution in [-0.2, 0) is 0 Å².